The van der Waals surface area contributed by atoms with E-state index >= 15 is 0 Å². The Morgan fingerprint density at radius 3 is 3.06 bits per heavy atom. The molecule has 0 bridgehead atoms. The Kier molecular flexibility index (Phi) is 3.86. The average Bonchev–Trinajstić information content (AvgIpc) is 2.37. The van der Waals surface area contributed by atoms with Crippen molar-refractivity contribution in [1.29, 1.82) is 0 Å². The minimum absolute atomic E-state index is 0.214. The molecule has 0 saturated heterocycles. The summed E-state index contributed by atoms with van der Waals surface area (Å²) < 4.78 is 0. The van der Waals surface area contributed by atoms with Gasteiger partial charge in [0.15, 0.2) is 0 Å². The first kappa shape index (κ1) is 12.2. The van der Waals surface area contributed by atoms with Gasteiger partial charge in [0.25, 0.3) is 0 Å². The zero-order valence-electron chi connectivity index (χ0n) is 10.2. The van der Waals surface area contributed by atoms with Crippen LogP contribution in [0.5, 0.6) is 0 Å². The average molecular weight is 236 g/mol. The quantitative estimate of drug-likeness (QED) is 0.632. The first-order valence-electron chi connectivity index (χ1n) is 6.11. The molecule has 1 aliphatic heterocycles. The molecule has 0 saturated carbocycles. The molecule has 1 heterocycles. The Hall–Kier alpha value is -1.26. The molecule has 0 radical (unpaired) electrons. The second kappa shape index (κ2) is 5.38. The number of benzene rings is 1. The number of aliphatic hydroxyl groups excluding tert-OH is 2. The first-order chi connectivity index (χ1) is 8.22. The Bertz CT molecular complexity index is 393. The van der Waals surface area contributed by atoms with Crippen LogP contribution < -0.4 is 10.6 Å². The highest BCUT2D eigenvalue weighted by Gasteiger charge is 2.15. The molecule has 1 aromatic rings. The van der Waals surface area contributed by atoms with Crippen LogP contribution in [0.3, 0.4) is 0 Å². The molecule has 4 N–H and O–H groups in total. The lowest BCUT2D eigenvalue weighted by atomic mass is 9.99. The van der Waals surface area contributed by atoms with Gasteiger partial charge < -0.3 is 20.8 Å². The normalized spacial score (nSPS) is 15.9. The summed E-state index contributed by atoms with van der Waals surface area (Å²) in [4.78, 5) is 0. The molecule has 1 aromatic carbocycles. The highest BCUT2D eigenvalue weighted by Crippen LogP contribution is 2.33. The van der Waals surface area contributed by atoms with Crippen molar-refractivity contribution in [2.24, 2.45) is 0 Å². The number of hydrogen-bond acceptors (Lipinski definition) is 4. The van der Waals surface area contributed by atoms with Gasteiger partial charge in [0, 0.05) is 13.1 Å². The predicted molar refractivity (Wildman–Crippen MR) is 69.6 cm³/mol. The SMILES string of the molecule is Cc1ccc2c(c1NCC(O)CO)NCCC2. The standard InChI is InChI=1S/C13H20N2O2/c1-9-4-5-10-3-2-6-14-13(10)12(9)15-7-11(17)8-16/h4-5,11,14-17H,2-3,6-8H2,1H3. The van der Waals surface area contributed by atoms with Crippen LogP contribution in [-0.2, 0) is 6.42 Å². The molecule has 0 amide bonds. The lowest BCUT2D eigenvalue weighted by molar-refractivity contribution is 0.105. The van der Waals surface area contributed by atoms with Gasteiger partial charge >= 0.3 is 0 Å². The van der Waals surface area contributed by atoms with Crippen molar-refractivity contribution in [2.45, 2.75) is 25.9 Å². The van der Waals surface area contributed by atoms with E-state index in [4.69, 9.17) is 5.11 Å². The van der Waals surface area contributed by atoms with E-state index in [1.54, 1.807) is 0 Å². The lowest BCUT2D eigenvalue weighted by Crippen LogP contribution is -2.24. The predicted octanol–water partition coefficient (Wildman–Crippen LogP) is 1.12. The van der Waals surface area contributed by atoms with Crippen LogP contribution in [0.15, 0.2) is 12.1 Å². The third-order valence-electron chi connectivity index (χ3n) is 3.15. The fourth-order valence-corrected chi connectivity index (χ4v) is 2.16. The van der Waals surface area contributed by atoms with E-state index in [1.807, 2.05) is 6.92 Å². The summed E-state index contributed by atoms with van der Waals surface area (Å²) in [5, 5.41) is 24.8. The molecule has 2 rings (SSSR count). The van der Waals surface area contributed by atoms with E-state index in [0.717, 1.165) is 36.3 Å². The smallest absolute Gasteiger partial charge is 0.0942 e. The molecule has 0 aromatic heterocycles. The Balaban J connectivity index is 2.19. The third kappa shape index (κ3) is 2.70. The van der Waals surface area contributed by atoms with Gasteiger partial charge in [-0.1, -0.05) is 12.1 Å². The van der Waals surface area contributed by atoms with Crippen molar-refractivity contribution in [1.82, 2.24) is 0 Å². The minimum atomic E-state index is -0.714. The molecule has 4 heteroatoms. The molecule has 1 unspecified atom stereocenters. The van der Waals surface area contributed by atoms with Gasteiger partial charge in [-0.15, -0.1) is 0 Å². The van der Waals surface area contributed by atoms with Gasteiger partial charge in [-0.2, -0.15) is 0 Å². The largest absolute Gasteiger partial charge is 0.394 e. The Morgan fingerprint density at radius 1 is 1.47 bits per heavy atom. The second-order valence-corrected chi connectivity index (χ2v) is 4.54. The van der Waals surface area contributed by atoms with Gasteiger partial charge in [-0.05, 0) is 30.9 Å². The van der Waals surface area contributed by atoms with E-state index in [9.17, 15) is 5.11 Å². The van der Waals surface area contributed by atoms with Gasteiger partial charge in [0.05, 0.1) is 24.1 Å². The maximum atomic E-state index is 9.38. The summed E-state index contributed by atoms with van der Waals surface area (Å²) in [6.45, 7) is 3.20. The number of aryl methyl sites for hydroxylation is 2. The van der Waals surface area contributed by atoms with E-state index in [0.29, 0.717) is 6.54 Å². The zero-order chi connectivity index (χ0) is 12.3. The molecule has 0 fully saturated rings. The summed E-state index contributed by atoms with van der Waals surface area (Å²) in [6, 6.07) is 4.25. The van der Waals surface area contributed by atoms with E-state index in [2.05, 4.69) is 22.8 Å². The zero-order valence-corrected chi connectivity index (χ0v) is 10.2. The van der Waals surface area contributed by atoms with Crippen molar-refractivity contribution >= 4 is 11.4 Å². The summed E-state index contributed by atoms with van der Waals surface area (Å²) >= 11 is 0. The van der Waals surface area contributed by atoms with Crippen LogP contribution in [0.4, 0.5) is 11.4 Å². The third-order valence-corrected chi connectivity index (χ3v) is 3.15. The van der Waals surface area contributed by atoms with Crippen LogP contribution >= 0.6 is 0 Å². The molecular formula is C13H20N2O2. The molecule has 0 spiro atoms. The van der Waals surface area contributed by atoms with E-state index in [-0.39, 0.29) is 6.61 Å². The lowest BCUT2D eigenvalue weighted by Gasteiger charge is -2.24. The van der Waals surface area contributed by atoms with Crippen molar-refractivity contribution in [3.05, 3.63) is 23.3 Å². The van der Waals surface area contributed by atoms with Crippen molar-refractivity contribution in [3.63, 3.8) is 0 Å². The summed E-state index contributed by atoms with van der Waals surface area (Å²) in [7, 11) is 0. The fraction of sp³-hybridized carbons (Fsp3) is 0.538. The van der Waals surface area contributed by atoms with E-state index in [1.165, 1.54) is 5.56 Å². The topological polar surface area (TPSA) is 64.5 Å². The Labute approximate surface area is 102 Å². The van der Waals surface area contributed by atoms with Crippen molar-refractivity contribution in [2.75, 3.05) is 30.3 Å². The Morgan fingerprint density at radius 2 is 2.29 bits per heavy atom. The molecule has 94 valence electrons. The number of anilines is 2. The van der Waals surface area contributed by atoms with Crippen LogP contribution in [0.1, 0.15) is 17.5 Å². The van der Waals surface area contributed by atoms with Crippen LogP contribution in [0, 0.1) is 6.92 Å². The highest BCUT2D eigenvalue weighted by molar-refractivity contribution is 5.76. The summed E-state index contributed by atoms with van der Waals surface area (Å²) in [5.74, 6) is 0. The molecular weight excluding hydrogens is 216 g/mol. The van der Waals surface area contributed by atoms with Crippen LogP contribution in [0.25, 0.3) is 0 Å². The maximum Gasteiger partial charge on any atom is 0.0942 e. The molecule has 17 heavy (non-hydrogen) atoms. The summed E-state index contributed by atoms with van der Waals surface area (Å²) in [5.41, 5.74) is 4.68. The fourth-order valence-electron chi connectivity index (χ4n) is 2.16. The minimum Gasteiger partial charge on any atom is -0.394 e. The van der Waals surface area contributed by atoms with Gasteiger partial charge in [0.2, 0.25) is 0 Å². The van der Waals surface area contributed by atoms with Crippen molar-refractivity contribution in [3.8, 4) is 0 Å². The maximum absolute atomic E-state index is 9.38. The number of hydrogen-bond donors (Lipinski definition) is 4. The first-order valence-corrected chi connectivity index (χ1v) is 6.11. The molecule has 4 nitrogen and oxygen atoms in total. The number of rotatable bonds is 4. The highest BCUT2D eigenvalue weighted by atomic mass is 16.3. The van der Waals surface area contributed by atoms with Gasteiger partial charge in [-0.3, -0.25) is 0 Å². The summed E-state index contributed by atoms with van der Waals surface area (Å²) in [6.07, 6.45) is 1.54. The van der Waals surface area contributed by atoms with Gasteiger partial charge in [-0.25, -0.2) is 0 Å². The molecule has 1 atom stereocenters. The molecule has 1 aliphatic rings. The number of aliphatic hydroxyl groups is 2. The van der Waals surface area contributed by atoms with Crippen molar-refractivity contribution < 1.29 is 10.2 Å². The second-order valence-electron chi connectivity index (χ2n) is 4.54. The number of nitrogens with one attached hydrogen (secondary N) is 2. The van der Waals surface area contributed by atoms with Crippen LogP contribution in [-0.4, -0.2) is 36.0 Å². The van der Waals surface area contributed by atoms with Gasteiger partial charge in [0.1, 0.15) is 0 Å². The van der Waals surface area contributed by atoms with Crippen LogP contribution in [0.2, 0.25) is 0 Å². The number of fused-ring (bicyclic) bond motifs is 1. The molecule has 0 aliphatic carbocycles. The monoisotopic (exact) mass is 236 g/mol. The van der Waals surface area contributed by atoms with E-state index < -0.39 is 6.10 Å².